The predicted octanol–water partition coefficient (Wildman–Crippen LogP) is 2.48. The Morgan fingerprint density at radius 2 is 2.27 bits per heavy atom. The molecule has 0 fully saturated rings. The van der Waals surface area contributed by atoms with E-state index in [0.29, 0.717) is 5.75 Å². The first-order chi connectivity index (χ1) is 7.13. The van der Waals surface area contributed by atoms with Crippen molar-refractivity contribution in [3.8, 4) is 5.75 Å². The zero-order valence-electron chi connectivity index (χ0n) is 7.87. The van der Waals surface area contributed by atoms with E-state index in [1.807, 2.05) is 12.1 Å². The van der Waals surface area contributed by atoms with Gasteiger partial charge in [-0.15, -0.1) is 0 Å². The molecule has 0 unspecified atom stereocenters. The van der Waals surface area contributed by atoms with E-state index in [4.69, 9.17) is 9.84 Å². The summed E-state index contributed by atoms with van der Waals surface area (Å²) in [5, 5.41) is 9.66. The highest BCUT2D eigenvalue weighted by Crippen LogP contribution is 2.29. The fourth-order valence-corrected chi connectivity index (χ4v) is 2.06. The predicted molar refractivity (Wildman–Crippen MR) is 64.5 cm³/mol. The number of ether oxygens (including phenoxy) is 1. The number of rotatable bonds is 2. The Labute approximate surface area is 99.4 Å². The van der Waals surface area contributed by atoms with Gasteiger partial charge in [0.25, 0.3) is 0 Å². The summed E-state index contributed by atoms with van der Waals surface area (Å²) in [5.41, 5.74) is 0.972. The summed E-state index contributed by atoms with van der Waals surface area (Å²) >= 11 is 2.15. The summed E-state index contributed by atoms with van der Waals surface area (Å²) in [6.07, 6.45) is 0. The number of aromatic nitrogens is 1. The van der Waals surface area contributed by atoms with Gasteiger partial charge in [-0.1, -0.05) is 0 Å². The van der Waals surface area contributed by atoms with Gasteiger partial charge in [0.15, 0.2) is 0 Å². The molecule has 1 heterocycles. The average molecular weight is 317 g/mol. The van der Waals surface area contributed by atoms with E-state index in [0.717, 1.165) is 14.5 Å². The molecule has 0 aliphatic carbocycles. The van der Waals surface area contributed by atoms with Gasteiger partial charge in [-0.3, -0.25) is 0 Å². The van der Waals surface area contributed by atoms with Crippen LogP contribution in [0.2, 0.25) is 0 Å². The molecule has 0 saturated heterocycles. The zero-order valence-corrected chi connectivity index (χ0v) is 10.0. The number of nitrogens with one attached hydrogen (secondary N) is 1. The van der Waals surface area contributed by atoms with E-state index in [-0.39, 0.29) is 5.69 Å². The summed E-state index contributed by atoms with van der Waals surface area (Å²) in [7, 11) is 1.56. The Bertz CT molecular complexity index is 533. The number of halogens is 1. The van der Waals surface area contributed by atoms with Crippen LogP contribution in [0.3, 0.4) is 0 Å². The van der Waals surface area contributed by atoms with Crippen LogP contribution in [-0.2, 0) is 0 Å². The molecule has 5 heteroatoms. The van der Waals surface area contributed by atoms with E-state index in [2.05, 4.69) is 27.6 Å². The third-order valence-corrected chi connectivity index (χ3v) is 3.05. The molecule has 0 aliphatic rings. The van der Waals surface area contributed by atoms with Crippen LogP contribution in [0.5, 0.6) is 5.75 Å². The average Bonchev–Trinajstić information content (AvgIpc) is 2.64. The van der Waals surface area contributed by atoms with E-state index >= 15 is 0 Å². The molecule has 0 radical (unpaired) electrons. The van der Waals surface area contributed by atoms with Gasteiger partial charge in [0, 0.05) is 8.96 Å². The number of hydrogen-bond donors (Lipinski definition) is 2. The Hall–Kier alpha value is -1.24. The number of hydrogen-bond acceptors (Lipinski definition) is 2. The summed E-state index contributed by atoms with van der Waals surface area (Å²) in [6.45, 7) is 0. The maximum atomic E-state index is 10.8. The lowest BCUT2D eigenvalue weighted by atomic mass is 10.2. The van der Waals surface area contributed by atoms with Gasteiger partial charge in [0.1, 0.15) is 11.4 Å². The molecule has 2 N–H and O–H groups in total. The molecule has 2 aromatic rings. The van der Waals surface area contributed by atoms with Gasteiger partial charge >= 0.3 is 5.97 Å². The number of aromatic amines is 1. The van der Waals surface area contributed by atoms with Gasteiger partial charge < -0.3 is 14.8 Å². The molecular formula is C10H8INO3. The lowest BCUT2D eigenvalue weighted by Gasteiger charge is -2.01. The number of fused-ring (bicyclic) bond motifs is 1. The number of carbonyl (C=O) groups is 1. The summed E-state index contributed by atoms with van der Waals surface area (Å²) in [5.74, 6) is -0.293. The second-order valence-corrected chi connectivity index (χ2v) is 4.19. The Morgan fingerprint density at radius 3 is 2.87 bits per heavy atom. The number of carboxylic acid groups (broad SMARTS) is 1. The van der Waals surface area contributed by atoms with Crippen molar-refractivity contribution >= 4 is 39.5 Å². The number of H-pyrrole nitrogens is 1. The van der Waals surface area contributed by atoms with E-state index in [1.54, 1.807) is 13.2 Å². The first-order valence-corrected chi connectivity index (χ1v) is 5.30. The molecule has 4 nitrogen and oxygen atoms in total. The van der Waals surface area contributed by atoms with Gasteiger partial charge in [-0.25, -0.2) is 4.79 Å². The fraction of sp³-hybridized carbons (Fsp3) is 0.100. The molecular weight excluding hydrogens is 309 g/mol. The number of methoxy groups -OCH3 is 1. The SMILES string of the molecule is COc1ccc(I)c2[nH]c(C(=O)O)cc12. The van der Waals surface area contributed by atoms with Crippen LogP contribution in [0.1, 0.15) is 10.5 Å². The molecule has 0 aliphatic heterocycles. The maximum absolute atomic E-state index is 10.8. The smallest absolute Gasteiger partial charge is 0.352 e. The third kappa shape index (κ3) is 1.67. The van der Waals surface area contributed by atoms with Crippen molar-refractivity contribution in [3.63, 3.8) is 0 Å². The fourth-order valence-electron chi connectivity index (χ4n) is 1.45. The molecule has 0 amide bonds. The quantitative estimate of drug-likeness (QED) is 0.837. The van der Waals surface area contributed by atoms with Crippen LogP contribution >= 0.6 is 22.6 Å². The van der Waals surface area contributed by atoms with Gasteiger partial charge in [0.05, 0.1) is 12.6 Å². The normalized spacial score (nSPS) is 10.5. The van der Waals surface area contributed by atoms with Crippen molar-refractivity contribution in [2.45, 2.75) is 0 Å². The second-order valence-electron chi connectivity index (χ2n) is 3.03. The molecule has 0 spiro atoms. The van der Waals surface area contributed by atoms with Gasteiger partial charge in [0.2, 0.25) is 0 Å². The monoisotopic (exact) mass is 317 g/mol. The van der Waals surface area contributed by atoms with Crippen molar-refractivity contribution in [3.05, 3.63) is 27.5 Å². The minimum absolute atomic E-state index is 0.174. The van der Waals surface area contributed by atoms with Crippen LogP contribution in [0.4, 0.5) is 0 Å². The number of carboxylic acids is 1. The first-order valence-electron chi connectivity index (χ1n) is 4.22. The lowest BCUT2D eigenvalue weighted by Crippen LogP contribution is -1.94. The highest BCUT2D eigenvalue weighted by molar-refractivity contribution is 14.1. The van der Waals surface area contributed by atoms with Crippen LogP contribution in [-0.4, -0.2) is 23.2 Å². The van der Waals surface area contributed by atoms with Crippen LogP contribution in [0, 0.1) is 3.57 Å². The minimum atomic E-state index is -0.968. The van der Waals surface area contributed by atoms with Crippen molar-refractivity contribution < 1.29 is 14.6 Å². The number of benzene rings is 1. The zero-order chi connectivity index (χ0) is 11.0. The Kier molecular flexibility index (Phi) is 2.56. The highest BCUT2D eigenvalue weighted by atomic mass is 127. The van der Waals surface area contributed by atoms with Crippen LogP contribution in [0.25, 0.3) is 10.9 Å². The Balaban J connectivity index is 2.77. The molecule has 0 atom stereocenters. The van der Waals surface area contributed by atoms with Gasteiger partial charge in [-0.2, -0.15) is 0 Å². The second kappa shape index (κ2) is 3.73. The summed E-state index contributed by atoms with van der Waals surface area (Å²) in [4.78, 5) is 13.7. The van der Waals surface area contributed by atoms with E-state index < -0.39 is 5.97 Å². The first kappa shape index (κ1) is 10.3. The molecule has 1 aromatic heterocycles. The topological polar surface area (TPSA) is 62.3 Å². The highest BCUT2D eigenvalue weighted by Gasteiger charge is 2.12. The molecule has 15 heavy (non-hydrogen) atoms. The molecule has 0 saturated carbocycles. The molecule has 0 bridgehead atoms. The molecule has 1 aromatic carbocycles. The van der Waals surface area contributed by atoms with Crippen LogP contribution < -0.4 is 4.74 Å². The number of aromatic carboxylic acids is 1. The molecule has 78 valence electrons. The summed E-state index contributed by atoms with van der Waals surface area (Å²) in [6, 6.07) is 5.28. The van der Waals surface area contributed by atoms with Crippen molar-refractivity contribution in [2.75, 3.05) is 7.11 Å². The largest absolute Gasteiger partial charge is 0.496 e. The van der Waals surface area contributed by atoms with Crippen molar-refractivity contribution in [1.29, 1.82) is 0 Å². The Morgan fingerprint density at radius 1 is 1.53 bits per heavy atom. The lowest BCUT2D eigenvalue weighted by molar-refractivity contribution is 0.0691. The summed E-state index contributed by atoms with van der Waals surface area (Å²) < 4.78 is 6.13. The standard InChI is InChI=1S/C10H8INO3/c1-15-8-3-2-6(11)9-5(8)4-7(12-9)10(13)14/h2-4,12H,1H3,(H,13,14). The van der Waals surface area contributed by atoms with Crippen molar-refractivity contribution in [2.24, 2.45) is 0 Å². The van der Waals surface area contributed by atoms with E-state index in [1.165, 1.54) is 0 Å². The molecule has 2 rings (SSSR count). The van der Waals surface area contributed by atoms with Crippen LogP contribution in [0.15, 0.2) is 18.2 Å². The maximum Gasteiger partial charge on any atom is 0.352 e. The minimum Gasteiger partial charge on any atom is -0.496 e. The van der Waals surface area contributed by atoms with Gasteiger partial charge in [-0.05, 0) is 40.8 Å². The van der Waals surface area contributed by atoms with E-state index in [9.17, 15) is 4.79 Å². The third-order valence-electron chi connectivity index (χ3n) is 2.15. The van der Waals surface area contributed by atoms with Crippen molar-refractivity contribution in [1.82, 2.24) is 4.98 Å².